The molecule has 2 atom stereocenters. The first-order valence-corrected chi connectivity index (χ1v) is 8.21. The van der Waals surface area contributed by atoms with Gasteiger partial charge in [-0.2, -0.15) is 0 Å². The molecule has 0 amide bonds. The Morgan fingerprint density at radius 2 is 2.20 bits per heavy atom. The number of nitrogens with zero attached hydrogens (tertiary/aromatic N) is 1. The van der Waals surface area contributed by atoms with Crippen LogP contribution in [0.2, 0.25) is 0 Å². The molecular formula is C16H25BrN2O. The number of hydrogen-bond acceptors (Lipinski definition) is 3. The zero-order valence-electron chi connectivity index (χ0n) is 12.6. The number of hydrogen-bond donors (Lipinski definition) is 2. The van der Waals surface area contributed by atoms with E-state index in [2.05, 4.69) is 65.1 Å². The van der Waals surface area contributed by atoms with E-state index in [4.69, 9.17) is 0 Å². The topological polar surface area (TPSA) is 35.5 Å². The molecule has 0 aromatic heterocycles. The summed E-state index contributed by atoms with van der Waals surface area (Å²) in [5.41, 5.74) is 2.61. The molecule has 2 rings (SSSR count). The second kappa shape index (κ2) is 6.92. The molecule has 1 aliphatic rings. The fourth-order valence-electron chi connectivity index (χ4n) is 2.65. The average molecular weight is 341 g/mol. The zero-order chi connectivity index (χ0) is 14.7. The van der Waals surface area contributed by atoms with Crippen molar-refractivity contribution >= 4 is 21.6 Å². The van der Waals surface area contributed by atoms with Crippen molar-refractivity contribution < 1.29 is 5.11 Å². The van der Waals surface area contributed by atoms with Gasteiger partial charge in [-0.25, -0.2) is 0 Å². The second-order valence-corrected chi connectivity index (χ2v) is 7.00. The van der Waals surface area contributed by atoms with Gasteiger partial charge in [0.25, 0.3) is 0 Å². The maximum Gasteiger partial charge on any atom is 0.0599 e. The minimum absolute atomic E-state index is 0.157. The van der Waals surface area contributed by atoms with Crippen molar-refractivity contribution in [3.63, 3.8) is 0 Å². The van der Waals surface area contributed by atoms with Crippen molar-refractivity contribution in [3.8, 4) is 0 Å². The summed E-state index contributed by atoms with van der Waals surface area (Å²) in [5.74, 6) is 0.327. The van der Waals surface area contributed by atoms with Gasteiger partial charge in [-0.1, -0.05) is 42.8 Å². The number of rotatable bonds is 4. The minimum Gasteiger partial charge on any atom is -0.393 e. The van der Waals surface area contributed by atoms with E-state index in [1.807, 2.05) is 0 Å². The summed E-state index contributed by atoms with van der Waals surface area (Å²) in [4.78, 5) is 2.40. The van der Waals surface area contributed by atoms with Crippen molar-refractivity contribution in [2.45, 2.75) is 45.9 Å². The molecule has 1 aromatic carbocycles. The Balaban J connectivity index is 2.18. The molecule has 3 nitrogen and oxygen atoms in total. The van der Waals surface area contributed by atoms with Crippen LogP contribution in [0.3, 0.4) is 0 Å². The van der Waals surface area contributed by atoms with Gasteiger partial charge in [0.15, 0.2) is 0 Å². The highest BCUT2D eigenvalue weighted by Gasteiger charge is 2.25. The van der Waals surface area contributed by atoms with Gasteiger partial charge in [0.2, 0.25) is 0 Å². The fourth-order valence-corrected chi connectivity index (χ4v) is 3.00. The Morgan fingerprint density at radius 1 is 1.45 bits per heavy atom. The molecule has 4 heteroatoms. The number of benzene rings is 1. The van der Waals surface area contributed by atoms with E-state index in [0.29, 0.717) is 12.0 Å². The summed E-state index contributed by atoms with van der Waals surface area (Å²) in [6.45, 7) is 9.19. The van der Waals surface area contributed by atoms with Crippen LogP contribution in [0.15, 0.2) is 22.7 Å². The molecular weight excluding hydrogens is 316 g/mol. The summed E-state index contributed by atoms with van der Waals surface area (Å²) in [6.07, 6.45) is 0.695. The third-order valence-corrected chi connectivity index (χ3v) is 4.44. The molecule has 1 fully saturated rings. The van der Waals surface area contributed by atoms with Gasteiger partial charge in [0.1, 0.15) is 0 Å². The van der Waals surface area contributed by atoms with Gasteiger partial charge in [0.05, 0.1) is 6.10 Å². The third kappa shape index (κ3) is 3.96. The number of aliphatic hydroxyl groups is 1. The van der Waals surface area contributed by atoms with Crippen LogP contribution in [-0.2, 0) is 6.54 Å². The highest BCUT2D eigenvalue weighted by Crippen LogP contribution is 2.29. The van der Waals surface area contributed by atoms with Crippen LogP contribution >= 0.6 is 15.9 Å². The van der Waals surface area contributed by atoms with Gasteiger partial charge in [0, 0.05) is 35.8 Å². The Kier molecular flexibility index (Phi) is 5.47. The lowest BCUT2D eigenvalue weighted by Gasteiger charge is -2.37. The highest BCUT2D eigenvalue weighted by atomic mass is 79.9. The molecule has 1 aliphatic heterocycles. The maximum absolute atomic E-state index is 9.89. The number of anilines is 1. The summed E-state index contributed by atoms with van der Waals surface area (Å²) < 4.78 is 1.11. The number of nitrogens with one attached hydrogen (secondary N) is 1. The molecule has 112 valence electrons. The number of aliphatic hydroxyl groups excluding tert-OH is 1. The normalized spacial score (nSPS) is 23.4. The van der Waals surface area contributed by atoms with Gasteiger partial charge in [-0.15, -0.1) is 0 Å². The van der Waals surface area contributed by atoms with E-state index in [1.165, 1.54) is 11.3 Å². The molecule has 0 aliphatic carbocycles. The Labute approximate surface area is 130 Å². The van der Waals surface area contributed by atoms with Crippen LogP contribution in [0.1, 0.15) is 32.8 Å². The molecule has 1 heterocycles. The molecule has 0 radical (unpaired) electrons. The van der Waals surface area contributed by atoms with E-state index in [0.717, 1.165) is 30.5 Å². The Morgan fingerprint density at radius 3 is 2.85 bits per heavy atom. The monoisotopic (exact) mass is 340 g/mol. The second-order valence-electron chi connectivity index (χ2n) is 6.09. The summed E-state index contributed by atoms with van der Waals surface area (Å²) in [7, 11) is 0. The molecule has 1 saturated heterocycles. The predicted octanol–water partition coefficient (Wildman–Crippen LogP) is 3.15. The Hall–Kier alpha value is -0.580. The first-order valence-electron chi connectivity index (χ1n) is 7.42. The van der Waals surface area contributed by atoms with Crippen LogP contribution in [0.4, 0.5) is 5.69 Å². The lowest BCUT2D eigenvalue weighted by molar-refractivity contribution is 0.0970. The lowest BCUT2D eigenvalue weighted by atomic mass is 9.95. The maximum atomic E-state index is 9.89. The standard InChI is InChI=1S/C16H25BrN2O/c1-11(2)18-9-13-4-5-14(17)8-15(13)19-7-6-16(20)12(3)10-19/h4-5,8,11-12,16,18,20H,6-7,9-10H2,1-3H3. The van der Waals surface area contributed by atoms with Crippen molar-refractivity contribution in [2.75, 3.05) is 18.0 Å². The first kappa shape index (κ1) is 15.8. The van der Waals surface area contributed by atoms with E-state index >= 15 is 0 Å². The van der Waals surface area contributed by atoms with Crippen LogP contribution < -0.4 is 10.2 Å². The van der Waals surface area contributed by atoms with E-state index in [-0.39, 0.29) is 6.10 Å². The first-order chi connectivity index (χ1) is 9.47. The number of piperidine rings is 1. The minimum atomic E-state index is -0.157. The van der Waals surface area contributed by atoms with Crippen LogP contribution in [0.5, 0.6) is 0 Å². The lowest BCUT2D eigenvalue weighted by Crippen LogP contribution is -2.42. The quantitative estimate of drug-likeness (QED) is 0.883. The third-order valence-electron chi connectivity index (χ3n) is 3.95. The van der Waals surface area contributed by atoms with Crippen molar-refractivity contribution in [1.29, 1.82) is 0 Å². The molecule has 2 unspecified atom stereocenters. The summed E-state index contributed by atoms with van der Waals surface area (Å²) in [6, 6.07) is 6.96. The SMILES string of the molecule is CC(C)NCc1ccc(Br)cc1N1CCC(O)C(C)C1. The molecule has 0 bridgehead atoms. The van der Waals surface area contributed by atoms with E-state index < -0.39 is 0 Å². The van der Waals surface area contributed by atoms with Gasteiger partial charge in [-0.05, 0) is 30.0 Å². The number of halogens is 1. The average Bonchev–Trinajstić information content (AvgIpc) is 2.40. The van der Waals surface area contributed by atoms with Crippen LogP contribution in [0.25, 0.3) is 0 Å². The summed E-state index contributed by atoms with van der Waals surface area (Å²) in [5, 5.41) is 13.4. The van der Waals surface area contributed by atoms with Crippen LogP contribution in [0, 0.1) is 5.92 Å². The summed E-state index contributed by atoms with van der Waals surface area (Å²) >= 11 is 3.57. The van der Waals surface area contributed by atoms with E-state index in [1.54, 1.807) is 0 Å². The van der Waals surface area contributed by atoms with Crippen LogP contribution in [-0.4, -0.2) is 30.3 Å². The van der Waals surface area contributed by atoms with Crippen molar-refractivity contribution in [2.24, 2.45) is 5.92 Å². The molecule has 20 heavy (non-hydrogen) atoms. The highest BCUT2D eigenvalue weighted by molar-refractivity contribution is 9.10. The zero-order valence-corrected chi connectivity index (χ0v) is 14.2. The smallest absolute Gasteiger partial charge is 0.0599 e. The van der Waals surface area contributed by atoms with E-state index in [9.17, 15) is 5.11 Å². The molecule has 0 spiro atoms. The predicted molar refractivity (Wildman–Crippen MR) is 88.1 cm³/mol. The molecule has 2 N–H and O–H groups in total. The fraction of sp³-hybridized carbons (Fsp3) is 0.625. The van der Waals surface area contributed by atoms with Crippen molar-refractivity contribution in [3.05, 3.63) is 28.2 Å². The van der Waals surface area contributed by atoms with Gasteiger partial charge in [-0.3, -0.25) is 0 Å². The molecule has 0 saturated carbocycles. The van der Waals surface area contributed by atoms with Gasteiger partial charge >= 0.3 is 0 Å². The largest absolute Gasteiger partial charge is 0.393 e. The van der Waals surface area contributed by atoms with Gasteiger partial charge < -0.3 is 15.3 Å². The van der Waals surface area contributed by atoms with Crippen molar-refractivity contribution in [1.82, 2.24) is 5.32 Å². The Bertz CT molecular complexity index is 450. The molecule has 1 aromatic rings.